The highest BCUT2D eigenvalue weighted by atomic mass is 19.1. The van der Waals surface area contributed by atoms with Crippen molar-refractivity contribution in [1.29, 1.82) is 0 Å². The molecule has 0 aliphatic carbocycles. The van der Waals surface area contributed by atoms with E-state index in [1.807, 2.05) is 25.2 Å². The van der Waals surface area contributed by atoms with Crippen LogP contribution in [0.15, 0.2) is 55.0 Å². The second-order valence-electron chi connectivity index (χ2n) is 10.5. The van der Waals surface area contributed by atoms with Crippen LogP contribution >= 0.6 is 0 Å². The Labute approximate surface area is 221 Å². The van der Waals surface area contributed by atoms with E-state index in [0.29, 0.717) is 12.0 Å². The second-order valence-corrected chi connectivity index (χ2v) is 10.5. The van der Waals surface area contributed by atoms with Gasteiger partial charge in [0.2, 0.25) is 0 Å². The normalized spacial score (nSPS) is 17.8. The third-order valence-electron chi connectivity index (χ3n) is 6.37. The zero-order valence-corrected chi connectivity index (χ0v) is 22.0. The molecular formula is C27H34FN7O3. The van der Waals surface area contributed by atoms with Crippen molar-refractivity contribution in [2.75, 3.05) is 13.1 Å². The summed E-state index contributed by atoms with van der Waals surface area (Å²) in [4.78, 5) is 27.4. The third kappa shape index (κ3) is 6.05. The lowest BCUT2D eigenvalue weighted by atomic mass is 10.0. The molecule has 0 unspecified atom stereocenters. The number of nitrogens with one attached hydrogen (secondary N) is 1. The summed E-state index contributed by atoms with van der Waals surface area (Å²) in [5.41, 5.74) is 7.10. The summed E-state index contributed by atoms with van der Waals surface area (Å²) in [6.45, 7) is 5.83. The Morgan fingerprint density at radius 3 is 2.63 bits per heavy atom. The lowest BCUT2D eigenvalue weighted by molar-refractivity contribution is 0.0204. The number of carbonyl (C=O) groups excluding carboxylic acids is 2. The molecule has 2 aromatic carbocycles. The maximum absolute atomic E-state index is 15.1. The number of aromatic nitrogens is 2. The van der Waals surface area contributed by atoms with Gasteiger partial charge in [-0.3, -0.25) is 9.48 Å². The van der Waals surface area contributed by atoms with Crippen LogP contribution in [0.2, 0.25) is 0 Å². The quantitative estimate of drug-likeness (QED) is 0.334. The van der Waals surface area contributed by atoms with Crippen LogP contribution in [0.3, 0.4) is 0 Å². The van der Waals surface area contributed by atoms with Gasteiger partial charge >= 0.3 is 6.09 Å². The molecular weight excluding hydrogens is 489 g/mol. The van der Waals surface area contributed by atoms with Gasteiger partial charge in [0.25, 0.3) is 5.91 Å². The highest BCUT2D eigenvalue weighted by Gasteiger charge is 2.39. The Morgan fingerprint density at radius 2 is 1.95 bits per heavy atom. The van der Waals surface area contributed by atoms with Crippen molar-refractivity contribution in [3.8, 4) is 11.1 Å². The van der Waals surface area contributed by atoms with Crippen molar-refractivity contribution >= 4 is 22.9 Å². The molecule has 1 aliphatic heterocycles. The van der Waals surface area contributed by atoms with Crippen molar-refractivity contribution in [2.24, 2.45) is 18.6 Å². The minimum Gasteiger partial charge on any atom is -0.444 e. The lowest BCUT2D eigenvalue weighted by Crippen LogP contribution is -2.46. The average molecular weight is 524 g/mol. The Balaban J connectivity index is 1.48. The largest absolute Gasteiger partial charge is 0.444 e. The highest BCUT2D eigenvalue weighted by molar-refractivity contribution is 5.95. The van der Waals surface area contributed by atoms with Crippen LogP contribution in [0, 0.1) is 5.82 Å². The van der Waals surface area contributed by atoms with Gasteiger partial charge in [0, 0.05) is 37.4 Å². The van der Waals surface area contributed by atoms with Crippen LogP contribution < -0.4 is 16.9 Å². The number of nitrogens with zero attached hydrogens (tertiary/aromatic N) is 4. The maximum atomic E-state index is 15.1. The van der Waals surface area contributed by atoms with Crippen molar-refractivity contribution in [3.05, 3.63) is 66.4 Å². The molecule has 4 rings (SSSR count). The van der Waals surface area contributed by atoms with Crippen LogP contribution in [-0.2, 0) is 11.8 Å². The maximum Gasteiger partial charge on any atom is 0.410 e. The first-order valence-electron chi connectivity index (χ1n) is 12.4. The number of aryl methyl sites for hydroxylation is 1. The molecule has 3 aromatic rings. The number of hydrogen-bond acceptors (Lipinski definition) is 7. The number of carbonyl (C=O) groups is 2. The number of ether oxygens (including phenoxy) is 1. The fraction of sp³-hybridized carbons (Fsp3) is 0.370. The number of halogens is 1. The van der Waals surface area contributed by atoms with Gasteiger partial charge in [-0.15, -0.1) is 0 Å². The van der Waals surface area contributed by atoms with Crippen LogP contribution in [0.25, 0.3) is 22.0 Å². The summed E-state index contributed by atoms with van der Waals surface area (Å²) in [7, 11) is 1.86. The van der Waals surface area contributed by atoms with Crippen LogP contribution in [-0.4, -0.2) is 62.5 Å². The fourth-order valence-electron chi connectivity index (χ4n) is 4.64. The lowest BCUT2D eigenvalue weighted by Gasteiger charge is -2.30. The van der Waals surface area contributed by atoms with Gasteiger partial charge in [0.15, 0.2) is 0 Å². The van der Waals surface area contributed by atoms with E-state index < -0.39 is 29.5 Å². The summed E-state index contributed by atoms with van der Waals surface area (Å²) in [6.07, 6.45) is 4.45. The van der Waals surface area contributed by atoms with Gasteiger partial charge in [-0.05, 0) is 62.6 Å². The molecule has 11 heteroatoms. The average Bonchev–Trinajstić information content (AvgIpc) is 3.40. The van der Waals surface area contributed by atoms with Crippen molar-refractivity contribution in [1.82, 2.24) is 25.0 Å². The van der Waals surface area contributed by atoms with E-state index in [4.69, 9.17) is 16.3 Å². The number of hydrazine groups is 1. The summed E-state index contributed by atoms with van der Waals surface area (Å²) in [5.74, 6) is 4.76. The van der Waals surface area contributed by atoms with Gasteiger partial charge in [-0.25, -0.2) is 15.0 Å². The third-order valence-corrected chi connectivity index (χ3v) is 6.37. The van der Waals surface area contributed by atoms with Crippen molar-refractivity contribution in [2.45, 2.75) is 44.9 Å². The molecule has 0 radical (unpaired) electrons. The number of amides is 2. The molecule has 1 saturated heterocycles. The number of fused-ring (bicyclic) bond motifs is 1. The standard InChI is InChI=1S/C27H34FN7O3/c1-27(2,3)38-26(37)35-15-20(13-21(35)16-34(30)10-9-29)32-25(36)22-7-5-18(12-23(22)28)17-6-8-24-19(11-17)14-31-33(24)4/h5-12,14,20-21H,13,15-16,29-30H2,1-4H3,(H,32,36)/b10-9-/t20-,21+/m1/s1. The monoisotopic (exact) mass is 523 g/mol. The summed E-state index contributed by atoms with van der Waals surface area (Å²) < 4.78 is 22.4. The number of benzene rings is 2. The zero-order chi connectivity index (χ0) is 27.6. The molecule has 202 valence electrons. The molecule has 0 spiro atoms. The molecule has 1 aromatic heterocycles. The number of hydrogen-bond donors (Lipinski definition) is 3. The van der Waals surface area contributed by atoms with Crippen molar-refractivity contribution in [3.63, 3.8) is 0 Å². The van der Waals surface area contributed by atoms with Gasteiger partial charge in [0.1, 0.15) is 11.4 Å². The van der Waals surface area contributed by atoms with Crippen LogP contribution in [0.4, 0.5) is 9.18 Å². The molecule has 38 heavy (non-hydrogen) atoms. The van der Waals surface area contributed by atoms with Gasteiger partial charge in [-0.1, -0.05) is 12.1 Å². The van der Waals surface area contributed by atoms with E-state index >= 15 is 4.39 Å². The Hall–Kier alpha value is -4.12. The van der Waals surface area contributed by atoms with Crippen LogP contribution in [0.1, 0.15) is 37.6 Å². The number of likely N-dealkylation sites (tertiary alicyclic amines) is 1. The predicted octanol–water partition coefficient (Wildman–Crippen LogP) is 3.09. The van der Waals surface area contributed by atoms with Crippen LogP contribution in [0.5, 0.6) is 0 Å². The SMILES string of the molecule is Cn1ncc2cc(-c3ccc(C(=O)N[C@@H]4C[C@@H](CN(N)/C=C\N)N(C(=O)OC(C)(C)C)C4)c(F)c3)ccc21. The molecule has 0 saturated carbocycles. The molecule has 0 bridgehead atoms. The Kier molecular flexibility index (Phi) is 7.58. The van der Waals surface area contributed by atoms with Gasteiger partial charge < -0.3 is 25.7 Å². The first kappa shape index (κ1) is 26.9. The van der Waals surface area contributed by atoms with E-state index in [1.165, 1.54) is 34.4 Å². The highest BCUT2D eigenvalue weighted by Crippen LogP contribution is 2.27. The summed E-state index contributed by atoms with van der Waals surface area (Å²) in [5, 5.41) is 9.41. The van der Waals surface area contributed by atoms with E-state index in [2.05, 4.69) is 10.4 Å². The molecule has 10 nitrogen and oxygen atoms in total. The van der Waals surface area contributed by atoms with E-state index in [1.54, 1.807) is 37.7 Å². The van der Waals surface area contributed by atoms with Crippen molar-refractivity contribution < 1.29 is 18.7 Å². The smallest absolute Gasteiger partial charge is 0.410 e. The van der Waals surface area contributed by atoms with E-state index in [9.17, 15) is 9.59 Å². The Morgan fingerprint density at radius 1 is 1.24 bits per heavy atom. The first-order chi connectivity index (χ1) is 17.9. The molecule has 2 atom stereocenters. The predicted molar refractivity (Wildman–Crippen MR) is 143 cm³/mol. The Bertz CT molecular complexity index is 1360. The number of nitrogens with two attached hydrogens (primary N) is 2. The fourth-order valence-corrected chi connectivity index (χ4v) is 4.64. The van der Waals surface area contributed by atoms with Gasteiger partial charge in [-0.2, -0.15) is 5.10 Å². The molecule has 1 fully saturated rings. The summed E-state index contributed by atoms with van der Waals surface area (Å²) >= 11 is 0. The number of rotatable bonds is 6. The minimum atomic E-state index is -0.686. The molecule has 5 N–H and O–H groups in total. The zero-order valence-electron chi connectivity index (χ0n) is 22.0. The minimum absolute atomic E-state index is 0.0741. The molecule has 2 heterocycles. The van der Waals surface area contributed by atoms with Gasteiger partial charge in [0.05, 0.1) is 29.9 Å². The topological polar surface area (TPSA) is 132 Å². The second kappa shape index (κ2) is 10.7. The van der Waals surface area contributed by atoms with E-state index in [-0.39, 0.29) is 24.7 Å². The first-order valence-corrected chi connectivity index (χ1v) is 12.4. The summed E-state index contributed by atoms with van der Waals surface area (Å²) in [6, 6.07) is 9.53. The van der Waals surface area contributed by atoms with E-state index in [0.717, 1.165) is 16.5 Å². The molecule has 1 aliphatic rings. The molecule has 2 amide bonds.